The van der Waals surface area contributed by atoms with Crippen molar-refractivity contribution in [2.75, 3.05) is 31.1 Å². The third-order valence-corrected chi connectivity index (χ3v) is 2.72. The third-order valence-electron chi connectivity index (χ3n) is 2.72. The SMILES string of the molecule is Cc1cc(N2CCNCC2)c(C#N)c(=O)[nH]1. The molecule has 0 saturated carbocycles. The van der Waals surface area contributed by atoms with Gasteiger partial charge in [0.05, 0.1) is 5.69 Å². The number of aromatic amines is 1. The monoisotopic (exact) mass is 218 g/mol. The highest BCUT2D eigenvalue weighted by Gasteiger charge is 2.16. The Hall–Kier alpha value is -1.80. The molecular formula is C11H14N4O. The lowest BCUT2D eigenvalue weighted by atomic mass is 10.2. The van der Waals surface area contributed by atoms with Crippen molar-refractivity contribution < 1.29 is 0 Å². The van der Waals surface area contributed by atoms with Gasteiger partial charge in [0.25, 0.3) is 5.56 Å². The van der Waals surface area contributed by atoms with Gasteiger partial charge in [-0.15, -0.1) is 0 Å². The Morgan fingerprint density at radius 3 is 2.75 bits per heavy atom. The minimum atomic E-state index is -0.295. The van der Waals surface area contributed by atoms with Crippen LogP contribution in [0.1, 0.15) is 11.3 Å². The largest absolute Gasteiger partial charge is 0.368 e. The zero-order valence-electron chi connectivity index (χ0n) is 9.21. The Morgan fingerprint density at radius 2 is 2.12 bits per heavy atom. The molecule has 0 radical (unpaired) electrons. The number of rotatable bonds is 1. The van der Waals surface area contributed by atoms with Gasteiger partial charge in [0.1, 0.15) is 11.6 Å². The lowest BCUT2D eigenvalue weighted by Crippen LogP contribution is -2.44. The van der Waals surface area contributed by atoms with Gasteiger partial charge in [-0.1, -0.05) is 0 Å². The summed E-state index contributed by atoms with van der Waals surface area (Å²) in [4.78, 5) is 16.3. The molecule has 5 nitrogen and oxygen atoms in total. The Morgan fingerprint density at radius 1 is 1.44 bits per heavy atom. The zero-order chi connectivity index (χ0) is 11.5. The Kier molecular flexibility index (Phi) is 2.93. The first kappa shape index (κ1) is 10.7. The molecule has 0 atom stereocenters. The topological polar surface area (TPSA) is 71.9 Å². The molecule has 5 heteroatoms. The number of nitrogens with one attached hydrogen (secondary N) is 2. The number of anilines is 1. The molecule has 2 heterocycles. The van der Waals surface area contributed by atoms with E-state index in [-0.39, 0.29) is 11.1 Å². The van der Waals surface area contributed by atoms with Crippen LogP contribution in [0.5, 0.6) is 0 Å². The maximum absolute atomic E-state index is 11.6. The molecule has 0 bridgehead atoms. The van der Waals surface area contributed by atoms with Gasteiger partial charge in [-0.25, -0.2) is 0 Å². The number of aryl methyl sites for hydroxylation is 1. The fraction of sp³-hybridized carbons (Fsp3) is 0.455. The highest BCUT2D eigenvalue weighted by molar-refractivity contribution is 5.59. The summed E-state index contributed by atoms with van der Waals surface area (Å²) < 4.78 is 0. The van der Waals surface area contributed by atoms with Gasteiger partial charge >= 0.3 is 0 Å². The van der Waals surface area contributed by atoms with E-state index in [9.17, 15) is 4.79 Å². The number of hydrogen-bond acceptors (Lipinski definition) is 4. The fourth-order valence-corrected chi connectivity index (χ4v) is 1.93. The van der Waals surface area contributed by atoms with E-state index in [1.54, 1.807) is 0 Å². The van der Waals surface area contributed by atoms with E-state index in [1.165, 1.54) is 0 Å². The summed E-state index contributed by atoms with van der Waals surface area (Å²) in [5.41, 5.74) is 1.46. The van der Waals surface area contributed by atoms with E-state index in [4.69, 9.17) is 5.26 Å². The molecule has 1 aromatic rings. The molecule has 84 valence electrons. The highest BCUT2D eigenvalue weighted by atomic mass is 16.1. The van der Waals surface area contributed by atoms with Crippen molar-refractivity contribution >= 4 is 5.69 Å². The molecule has 0 spiro atoms. The summed E-state index contributed by atoms with van der Waals surface area (Å²) in [6, 6.07) is 3.85. The van der Waals surface area contributed by atoms with Crippen molar-refractivity contribution in [1.82, 2.24) is 10.3 Å². The predicted molar refractivity (Wildman–Crippen MR) is 61.6 cm³/mol. The van der Waals surface area contributed by atoms with Gasteiger partial charge < -0.3 is 15.2 Å². The van der Waals surface area contributed by atoms with E-state index in [0.717, 1.165) is 37.6 Å². The van der Waals surface area contributed by atoms with Crippen LogP contribution in [0, 0.1) is 18.3 Å². The molecule has 0 aliphatic carbocycles. The molecule has 1 aliphatic rings. The smallest absolute Gasteiger partial charge is 0.268 e. The van der Waals surface area contributed by atoms with Crippen LogP contribution in [0.25, 0.3) is 0 Å². The van der Waals surface area contributed by atoms with Crippen molar-refractivity contribution in [3.63, 3.8) is 0 Å². The van der Waals surface area contributed by atoms with Crippen molar-refractivity contribution in [1.29, 1.82) is 5.26 Å². The van der Waals surface area contributed by atoms with Crippen LogP contribution in [-0.2, 0) is 0 Å². The van der Waals surface area contributed by atoms with E-state index in [0.29, 0.717) is 0 Å². The Balaban J connectivity index is 2.46. The first-order valence-electron chi connectivity index (χ1n) is 5.32. The van der Waals surface area contributed by atoms with Gasteiger partial charge in [-0.2, -0.15) is 5.26 Å². The summed E-state index contributed by atoms with van der Waals surface area (Å²) in [5.74, 6) is 0. The van der Waals surface area contributed by atoms with Crippen molar-refractivity contribution in [2.24, 2.45) is 0 Å². The van der Waals surface area contributed by atoms with Crippen LogP contribution in [0.15, 0.2) is 10.9 Å². The number of aromatic nitrogens is 1. The van der Waals surface area contributed by atoms with Crippen molar-refractivity contribution in [2.45, 2.75) is 6.92 Å². The quantitative estimate of drug-likeness (QED) is 0.694. The van der Waals surface area contributed by atoms with E-state index < -0.39 is 0 Å². The van der Waals surface area contributed by atoms with Gasteiger partial charge in [0, 0.05) is 31.9 Å². The van der Waals surface area contributed by atoms with Gasteiger partial charge in [-0.05, 0) is 13.0 Å². The van der Waals surface area contributed by atoms with Crippen LogP contribution in [-0.4, -0.2) is 31.2 Å². The summed E-state index contributed by atoms with van der Waals surface area (Å²) in [6.45, 7) is 5.26. The molecular weight excluding hydrogens is 204 g/mol. The van der Waals surface area contributed by atoms with E-state index in [2.05, 4.69) is 15.2 Å². The van der Waals surface area contributed by atoms with Crippen LogP contribution in [0.4, 0.5) is 5.69 Å². The van der Waals surface area contributed by atoms with Crippen LogP contribution < -0.4 is 15.8 Å². The van der Waals surface area contributed by atoms with Gasteiger partial charge in [0.15, 0.2) is 0 Å². The number of pyridine rings is 1. The lowest BCUT2D eigenvalue weighted by Gasteiger charge is -2.29. The van der Waals surface area contributed by atoms with Crippen LogP contribution in [0.3, 0.4) is 0 Å². The van der Waals surface area contributed by atoms with Gasteiger partial charge in [0.2, 0.25) is 0 Å². The standard InChI is InChI=1S/C11H14N4O/c1-8-6-10(9(7-12)11(16)14-8)15-4-2-13-3-5-15/h6,13H,2-5H2,1H3,(H,14,16). The molecule has 1 aliphatic heterocycles. The van der Waals surface area contributed by atoms with Crippen molar-refractivity contribution in [3.8, 4) is 6.07 Å². The second-order valence-corrected chi connectivity index (χ2v) is 3.89. The maximum Gasteiger partial charge on any atom is 0.268 e. The average molecular weight is 218 g/mol. The first-order chi connectivity index (χ1) is 7.72. The van der Waals surface area contributed by atoms with Crippen LogP contribution >= 0.6 is 0 Å². The Bertz CT molecular complexity index is 480. The summed E-state index contributed by atoms with van der Waals surface area (Å²) >= 11 is 0. The number of nitriles is 1. The van der Waals surface area contributed by atoms with E-state index >= 15 is 0 Å². The predicted octanol–water partition coefficient (Wildman–Crippen LogP) is -0.0354. The minimum absolute atomic E-state index is 0.215. The minimum Gasteiger partial charge on any atom is -0.368 e. The number of H-pyrrole nitrogens is 1. The zero-order valence-corrected chi connectivity index (χ0v) is 9.21. The third kappa shape index (κ3) is 1.92. The van der Waals surface area contributed by atoms with Crippen molar-refractivity contribution in [3.05, 3.63) is 27.7 Å². The summed E-state index contributed by atoms with van der Waals surface area (Å²) in [6.07, 6.45) is 0. The molecule has 1 fully saturated rings. The molecule has 1 saturated heterocycles. The van der Waals surface area contributed by atoms with Gasteiger partial charge in [-0.3, -0.25) is 4.79 Å². The van der Waals surface area contributed by atoms with Crippen LogP contribution in [0.2, 0.25) is 0 Å². The summed E-state index contributed by atoms with van der Waals surface area (Å²) in [5, 5.41) is 12.2. The molecule has 0 aromatic carbocycles. The average Bonchev–Trinajstić information content (AvgIpc) is 2.29. The fourth-order valence-electron chi connectivity index (χ4n) is 1.93. The molecule has 16 heavy (non-hydrogen) atoms. The molecule has 2 rings (SSSR count). The summed E-state index contributed by atoms with van der Waals surface area (Å²) in [7, 11) is 0. The molecule has 2 N–H and O–H groups in total. The van der Waals surface area contributed by atoms with E-state index in [1.807, 2.05) is 19.1 Å². The molecule has 1 aromatic heterocycles. The number of nitrogens with zero attached hydrogens (tertiary/aromatic N) is 2. The normalized spacial score (nSPS) is 15.9. The Labute approximate surface area is 93.7 Å². The first-order valence-corrected chi connectivity index (χ1v) is 5.32. The second kappa shape index (κ2) is 4.37. The second-order valence-electron chi connectivity index (χ2n) is 3.89. The molecule has 0 amide bonds. The number of piperazine rings is 1. The molecule has 0 unspecified atom stereocenters. The highest BCUT2D eigenvalue weighted by Crippen LogP contribution is 2.17. The number of hydrogen-bond donors (Lipinski definition) is 2. The maximum atomic E-state index is 11.6. The lowest BCUT2D eigenvalue weighted by molar-refractivity contribution is 0.588.